The van der Waals surface area contributed by atoms with E-state index in [0.717, 1.165) is 34.1 Å². The molecule has 6 atom stereocenters. The number of hydrogen-bond donors (Lipinski definition) is 2. The first-order valence-corrected chi connectivity index (χ1v) is 17.5. The van der Waals surface area contributed by atoms with Crippen molar-refractivity contribution in [2.45, 2.75) is 77.5 Å². The Morgan fingerprint density at radius 3 is 1.29 bits per heavy atom. The van der Waals surface area contributed by atoms with Crippen LogP contribution in [-0.2, 0) is 9.59 Å². The van der Waals surface area contributed by atoms with E-state index in [1.807, 2.05) is 82.9 Å². The first-order valence-electron chi connectivity index (χ1n) is 17.5. The molecule has 2 aliphatic carbocycles. The van der Waals surface area contributed by atoms with Gasteiger partial charge < -0.3 is 20.4 Å². The Labute approximate surface area is 284 Å². The Morgan fingerprint density at radius 2 is 0.958 bits per heavy atom. The lowest BCUT2D eigenvalue weighted by molar-refractivity contribution is -0.118. The molecule has 2 aromatic carbocycles. The zero-order chi connectivity index (χ0) is 33.4. The van der Waals surface area contributed by atoms with Crippen LogP contribution < -0.4 is 20.4 Å². The summed E-state index contributed by atoms with van der Waals surface area (Å²) < 4.78 is 0. The number of carbonyl (C=O) groups excluding carboxylic acids is 2. The minimum absolute atomic E-state index is 0.116. The van der Waals surface area contributed by atoms with Gasteiger partial charge in [-0.05, 0) is 86.1 Å². The van der Waals surface area contributed by atoms with Crippen molar-refractivity contribution in [2.75, 3.05) is 20.4 Å². The average Bonchev–Trinajstić information content (AvgIpc) is 4.03. The molecule has 2 amide bonds. The zero-order valence-electron chi connectivity index (χ0n) is 28.3. The van der Waals surface area contributed by atoms with Gasteiger partial charge in [0.15, 0.2) is 0 Å². The van der Waals surface area contributed by atoms with Gasteiger partial charge >= 0.3 is 0 Å². The number of para-hydroxylation sites is 2. The number of rotatable bonds is 6. The Kier molecular flexibility index (Phi) is 8.90. The number of anilines is 4. The lowest BCUT2D eigenvalue weighted by atomic mass is 9.82. The standard InChI is InChI=1S/2C20H23N3O/c2*1-13-18(22-16-7-4-3-5-8-16)19-17(9-6-12-21-19)23(14(2)24)20(13)15-10-11-15/h2*3-9,12-13,15,18,20,22H,10-11H2,1-2H3/t2*13-,18-,20-/m10/s1. The normalized spacial score (nSPS) is 25.9. The molecular weight excluding hydrogens is 596 g/mol. The van der Waals surface area contributed by atoms with Crippen molar-refractivity contribution in [2.24, 2.45) is 23.7 Å². The van der Waals surface area contributed by atoms with Crippen molar-refractivity contribution in [1.29, 1.82) is 0 Å². The molecule has 0 saturated heterocycles. The molecule has 0 spiro atoms. The van der Waals surface area contributed by atoms with Crippen molar-refractivity contribution in [3.8, 4) is 0 Å². The Hall–Kier alpha value is -4.72. The minimum Gasteiger partial charge on any atom is -0.376 e. The second kappa shape index (κ2) is 13.4. The Balaban J connectivity index is 0.000000152. The van der Waals surface area contributed by atoms with Gasteiger partial charge in [0.2, 0.25) is 11.8 Å². The summed E-state index contributed by atoms with van der Waals surface area (Å²) in [6.45, 7) is 7.84. The Morgan fingerprint density at radius 1 is 0.583 bits per heavy atom. The third kappa shape index (κ3) is 6.28. The molecular formula is C40H46N6O2. The monoisotopic (exact) mass is 642 g/mol. The van der Waals surface area contributed by atoms with E-state index < -0.39 is 0 Å². The smallest absolute Gasteiger partial charge is 0.224 e. The van der Waals surface area contributed by atoms with Crippen LogP contribution >= 0.6 is 0 Å². The SMILES string of the molecule is CC(=O)N1c2cccnc2[C@@H](Nc2ccccc2)[C@H](C)[C@H]1C1CC1.CC(=O)N1c2cccnc2[C@H](Nc2ccccc2)[C@@H](C)[C@@H]1C1CC1. The van der Waals surface area contributed by atoms with Gasteiger partial charge in [-0.2, -0.15) is 0 Å². The molecule has 8 nitrogen and oxygen atoms in total. The number of amides is 2. The fraction of sp³-hybridized carbons (Fsp3) is 0.400. The maximum absolute atomic E-state index is 12.4. The predicted octanol–water partition coefficient (Wildman–Crippen LogP) is 8.03. The first-order chi connectivity index (χ1) is 23.3. The quantitative estimate of drug-likeness (QED) is 0.221. The van der Waals surface area contributed by atoms with Crippen LogP contribution in [0.25, 0.3) is 0 Å². The highest BCUT2D eigenvalue weighted by molar-refractivity contribution is 5.94. The van der Waals surface area contributed by atoms with Crippen LogP contribution in [0.3, 0.4) is 0 Å². The van der Waals surface area contributed by atoms with Gasteiger partial charge in [0.25, 0.3) is 0 Å². The van der Waals surface area contributed by atoms with E-state index in [-0.39, 0.29) is 36.0 Å². The second-order valence-corrected chi connectivity index (χ2v) is 13.9. The second-order valence-electron chi connectivity index (χ2n) is 13.9. The Bertz CT molecular complexity index is 1610. The van der Waals surface area contributed by atoms with Crippen LogP contribution in [0.2, 0.25) is 0 Å². The van der Waals surface area contributed by atoms with Crippen LogP contribution in [0.5, 0.6) is 0 Å². The van der Waals surface area contributed by atoms with Gasteiger partial charge in [0, 0.05) is 61.5 Å². The molecule has 2 fully saturated rings. The molecule has 0 unspecified atom stereocenters. The van der Waals surface area contributed by atoms with Gasteiger partial charge in [0.05, 0.1) is 34.8 Å². The van der Waals surface area contributed by atoms with Crippen molar-refractivity contribution in [1.82, 2.24) is 9.97 Å². The van der Waals surface area contributed by atoms with Crippen LogP contribution in [0.15, 0.2) is 97.3 Å². The van der Waals surface area contributed by atoms with Crippen LogP contribution in [0, 0.1) is 23.7 Å². The molecule has 248 valence electrons. The topological polar surface area (TPSA) is 90.5 Å². The van der Waals surface area contributed by atoms with Crippen molar-refractivity contribution in [3.63, 3.8) is 0 Å². The summed E-state index contributed by atoms with van der Waals surface area (Å²) in [5.41, 5.74) is 6.07. The molecule has 2 N–H and O–H groups in total. The highest BCUT2D eigenvalue weighted by Crippen LogP contribution is 2.50. The fourth-order valence-electron chi connectivity index (χ4n) is 8.13. The predicted molar refractivity (Wildman–Crippen MR) is 192 cm³/mol. The number of benzene rings is 2. The van der Waals surface area contributed by atoms with Gasteiger partial charge in [-0.3, -0.25) is 19.6 Å². The summed E-state index contributed by atoms with van der Waals surface area (Å²) in [5, 5.41) is 7.32. The molecule has 2 saturated carbocycles. The molecule has 4 heterocycles. The lowest BCUT2D eigenvalue weighted by Gasteiger charge is -2.45. The average molecular weight is 643 g/mol. The number of fused-ring (bicyclic) bond motifs is 2. The van der Waals surface area contributed by atoms with E-state index in [9.17, 15) is 9.59 Å². The van der Waals surface area contributed by atoms with Gasteiger partial charge in [-0.1, -0.05) is 50.2 Å². The molecule has 4 aromatic rings. The summed E-state index contributed by atoms with van der Waals surface area (Å²) in [4.78, 5) is 38.0. The number of nitrogens with zero attached hydrogens (tertiary/aromatic N) is 4. The summed E-state index contributed by atoms with van der Waals surface area (Å²) in [7, 11) is 0. The summed E-state index contributed by atoms with van der Waals surface area (Å²) >= 11 is 0. The van der Waals surface area contributed by atoms with Crippen LogP contribution in [0.4, 0.5) is 22.7 Å². The zero-order valence-corrected chi connectivity index (χ0v) is 28.3. The highest BCUT2D eigenvalue weighted by atomic mass is 16.2. The van der Waals surface area contributed by atoms with Crippen LogP contribution in [0.1, 0.15) is 76.8 Å². The van der Waals surface area contributed by atoms with E-state index >= 15 is 0 Å². The number of pyridine rings is 2. The third-order valence-corrected chi connectivity index (χ3v) is 10.5. The summed E-state index contributed by atoms with van der Waals surface area (Å²) in [6, 6.07) is 29.2. The third-order valence-electron chi connectivity index (χ3n) is 10.5. The summed E-state index contributed by atoms with van der Waals surface area (Å²) in [6.07, 6.45) is 8.50. The molecule has 8 heteroatoms. The van der Waals surface area contributed by atoms with Crippen LogP contribution in [-0.4, -0.2) is 33.9 Å². The molecule has 2 aromatic heterocycles. The maximum Gasteiger partial charge on any atom is 0.224 e. The number of hydrogen-bond acceptors (Lipinski definition) is 6. The van der Waals surface area contributed by atoms with Crippen molar-refractivity contribution < 1.29 is 9.59 Å². The lowest BCUT2D eigenvalue weighted by Crippen LogP contribution is -2.51. The van der Waals surface area contributed by atoms with E-state index in [1.165, 1.54) is 25.7 Å². The fourth-order valence-corrected chi connectivity index (χ4v) is 8.13. The molecule has 48 heavy (non-hydrogen) atoms. The molecule has 8 rings (SSSR count). The van der Waals surface area contributed by atoms with Gasteiger partial charge in [0.1, 0.15) is 0 Å². The van der Waals surface area contributed by atoms with Gasteiger partial charge in [-0.15, -0.1) is 0 Å². The minimum atomic E-state index is 0.116. The van der Waals surface area contributed by atoms with E-state index in [4.69, 9.17) is 0 Å². The van der Waals surface area contributed by atoms with Gasteiger partial charge in [-0.25, -0.2) is 0 Å². The van der Waals surface area contributed by atoms with E-state index in [0.29, 0.717) is 23.7 Å². The summed E-state index contributed by atoms with van der Waals surface area (Å²) in [5.74, 6) is 2.07. The molecule has 2 aliphatic heterocycles. The molecule has 0 radical (unpaired) electrons. The van der Waals surface area contributed by atoms with E-state index in [1.54, 1.807) is 13.8 Å². The molecule has 0 bridgehead atoms. The van der Waals surface area contributed by atoms with E-state index in [2.05, 4.69) is 58.7 Å². The number of carbonyl (C=O) groups is 2. The maximum atomic E-state index is 12.4. The molecule has 4 aliphatic rings. The van der Waals surface area contributed by atoms with Crippen molar-refractivity contribution in [3.05, 3.63) is 109 Å². The number of nitrogens with one attached hydrogen (secondary N) is 2. The highest BCUT2D eigenvalue weighted by Gasteiger charge is 2.49. The first kappa shape index (κ1) is 31.9. The van der Waals surface area contributed by atoms with Crippen molar-refractivity contribution >= 4 is 34.6 Å². The number of aromatic nitrogens is 2. The largest absolute Gasteiger partial charge is 0.376 e.